The van der Waals surface area contributed by atoms with Gasteiger partial charge in [-0.15, -0.1) is 0 Å². The van der Waals surface area contributed by atoms with Gasteiger partial charge in [0, 0.05) is 43.1 Å². The molecule has 1 amide bonds. The van der Waals surface area contributed by atoms with Crippen molar-refractivity contribution in [2.24, 2.45) is 14.1 Å². The molecule has 4 aromatic heterocycles. The molecule has 2 aromatic carbocycles. The topological polar surface area (TPSA) is 118 Å². The molecule has 6 aromatic rings. The molecule has 0 radical (unpaired) electrons. The first kappa shape index (κ1) is 22.5. The number of fused-ring (bicyclic) bond motifs is 2. The number of amides is 1. The van der Waals surface area contributed by atoms with Gasteiger partial charge in [-0.3, -0.25) is 4.79 Å². The minimum absolute atomic E-state index is 0.191. The molecule has 0 aliphatic rings. The van der Waals surface area contributed by atoms with Gasteiger partial charge in [0.1, 0.15) is 17.2 Å². The number of nitrogens with one attached hydrogen (secondary N) is 3. The molecule has 3 N–H and O–H groups in total. The minimum Gasteiger partial charge on any atom is -0.350 e. The van der Waals surface area contributed by atoms with Crippen molar-refractivity contribution in [3.8, 4) is 11.4 Å². The molecular formula is C27H25N9O. The summed E-state index contributed by atoms with van der Waals surface area (Å²) in [4.78, 5) is 34.1. The molecule has 0 spiro atoms. The number of para-hydroxylation sites is 2. The summed E-state index contributed by atoms with van der Waals surface area (Å²) in [6.07, 6.45) is 5.35. The highest BCUT2D eigenvalue weighted by molar-refractivity contribution is 5.99. The van der Waals surface area contributed by atoms with Crippen molar-refractivity contribution >= 4 is 39.5 Å². The van der Waals surface area contributed by atoms with Crippen LogP contribution in [-0.2, 0) is 20.6 Å². The Bertz CT molecular complexity index is 1780. The summed E-state index contributed by atoms with van der Waals surface area (Å²) in [5, 5.41) is 7.17. The largest absolute Gasteiger partial charge is 0.350 e. The second-order valence-electron chi connectivity index (χ2n) is 9.01. The van der Waals surface area contributed by atoms with Gasteiger partial charge in [0.05, 0.1) is 29.6 Å². The number of aromatic amines is 1. The minimum atomic E-state index is -0.191. The molecule has 0 aliphatic carbocycles. The molecule has 0 atom stereocenters. The Morgan fingerprint density at radius 2 is 1.89 bits per heavy atom. The fraction of sp³-hybridized carbons (Fsp3) is 0.148. The number of aromatic nitrogens is 7. The number of hydrogen-bond acceptors (Lipinski definition) is 6. The summed E-state index contributed by atoms with van der Waals surface area (Å²) in [6, 6.07) is 15.6. The molecule has 0 aliphatic heterocycles. The quantitative estimate of drug-likeness (QED) is 0.321. The van der Waals surface area contributed by atoms with Crippen LogP contribution in [0.25, 0.3) is 33.3 Å². The van der Waals surface area contributed by atoms with Crippen molar-refractivity contribution in [2.75, 3.05) is 5.32 Å². The average molecular weight is 492 g/mol. The van der Waals surface area contributed by atoms with Crippen molar-refractivity contribution in [3.63, 3.8) is 0 Å². The summed E-state index contributed by atoms with van der Waals surface area (Å²) < 4.78 is 3.87. The summed E-state index contributed by atoms with van der Waals surface area (Å²) in [5.41, 5.74) is 6.66. The van der Waals surface area contributed by atoms with Gasteiger partial charge in [0.2, 0.25) is 5.95 Å². The molecule has 0 bridgehead atoms. The van der Waals surface area contributed by atoms with Crippen molar-refractivity contribution in [1.29, 1.82) is 0 Å². The first-order chi connectivity index (χ1) is 17.9. The maximum absolute atomic E-state index is 13.0. The second-order valence-corrected chi connectivity index (χ2v) is 9.01. The van der Waals surface area contributed by atoms with Gasteiger partial charge in [-0.2, -0.15) is 0 Å². The molecule has 0 saturated heterocycles. The maximum Gasteiger partial charge on any atom is 0.268 e. The number of nitrogens with zero attached hydrogens (tertiary/aromatic N) is 6. The molecule has 0 unspecified atom stereocenters. The van der Waals surface area contributed by atoms with E-state index in [2.05, 4.69) is 35.6 Å². The van der Waals surface area contributed by atoms with E-state index in [-0.39, 0.29) is 5.91 Å². The first-order valence-corrected chi connectivity index (χ1v) is 11.8. The summed E-state index contributed by atoms with van der Waals surface area (Å²) in [7, 11) is 3.87. The number of anilines is 2. The van der Waals surface area contributed by atoms with Crippen LogP contribution in [0.3, 0.4) is 0 Å². The Balaban J connectivity index is 1.21. The van der Waals surface area contributed by atoms with Gasteiger partial charge < -0.3 is 24.8 Å². The van der Waals surface area contributed by atoms with Crippen LogP contribution in [0, 0.1) is 6.92 Å². The fourth-order valence-electron chi connectivity index (χ4n) is 4.46. The monoisotopic (exact) mass is 491 g/mol. The van der Waals surface area contributed by atoms with Crippen LogP contribution in [-0.4, -0.2) is 40.0 Å². The lowest BCUT2D eigenvalue weighted by molar-refractivity contribution is 0.0945. The van der Waals surface area contributed by atoms with E-state index in [4.69, 9.17) is 0 Å². The smallest absolute Gasteiger partial charge is 0.268 e. The molecule has 37 heavy (non-hydrogen) atoms. The Morgan fingerprint density at radius 3 is 2.70 bits per heavy atom. The van der Waals surface area contributed by atoms with Crippen LogP contribution in [0.2, 0.25) is 0 Å². The normalized spacial score (nSPS) is 11.3. The van der Waals surface area contributed by atoms with Crippen molar-refractivity contribution in [1.82, 2.24) is 39.4 Å². The number of carbonyl (C=O) groups excluding carboxylic acids is 1. The SMILES string of the molecule is Cc1cc(Nc2nccc(-c3cn(C)cn3)n2)cc2cc(C(=O)NCc3nc4ccccc4n3C)[nH]c12. The lowest BCUT2D eigenvalue weighted by atomic mass is 10.1. The van der Waals surface area contributed by atoms with Gasteiger partial charge in [-0.1, -0.05) is 12.1 Å². The zero-order valence-electron chi connectivity index (χ0n) is 20.6. The van der Waals surface area contributed by atoms with Crippen LogP contribution in [0.4, 0.5) is 11.6 Å². The van der Waals surface area contributed by atoms with E-state index in [1.54, 1.807) is 12.5 Å². The van der Waals surface area contributed by atoms with Crippen LogP contribution in [0.15, 0.2) is 67.3 Å². The van der Waals surface area contributed by atoms with Gasteiger partial charge in [0.25, 0.3) is 5.91 Å². The number of carbonyl (C=O) groups is 1. The third-order valence-electron chi connectivity index (χ3n) is 6.34. The highest BCUT2D eigenvalue weighted by Crippen LogP contribution is 2.26. The number of benzene rings is 2. The number of rotatable bonds is 6. The Labute approximate surface area is 212 Å². The molecule has 4 heterocycles. The van der Waals surface area contributed by atoms with E-state index in [0.29, 0.717) is 18.2 Å². The predicted molar refractivity (Wildman–Crippen MR) is 142 cm³/mol. The molecule has 0 saturated carbocycles. The van der Waals surface area contributed by atoms with Crippen LogP contribution >= 0.6 is 0 Å². The number of imidazole rings is 2. The van der Waals surface area contributed by atoms with Crippen molar-refractivity contribution < 1.29 is 4.79 Å². The van der Waals surface area contributed by atoms with E-state index in [1.165, 1.54) is 0 Å². The Morgan fingerprint density at radius 1 is 1.03 bits per heavy atom. The highest BCUT2D eigenvalue weighted by atomic mass is 16.1. The van der Waals surface area contributed by atoms with Crippen LogP contribution in [0.5, 0.6) is 0 Å². The standard InChI is InChI=1S/C27H25N9O/c1-16-10-18(31-27-28-9-8-19(34-27)22-14-35(2)15-30-22)11-17-12-21(33-25(16)17)26(37)29-13-24-32-20-6-4-5-7-23(20)36(24)3/h4-12,14-15,33H,13H2,1-3H3,(H,29,37)(H,28,31,34). The average Bonchev–Trinajstić information content (AvgIpc) is 3.60. The molecule has 184 valence electrons. The maximum atomic E-state index is 13.0. The third-order valence-corrected chi connectivity index (χ3v) is 6.34. The molecular weight excluding hydrogens is 466 g/mol. The zero-order chi connectivity index (χ0) is 25.5. The Kier molecular flexibility index (Phi) is 5.41. The number of aryl methyl sites for hydroxylation is 3. The van der Waals surface area contributed by atoms with E-state index >= 15 is 0 Å². The van der Waals surface area contributed by atoms with E-state index in [1.807, 2.05) is 84.9 Å². The summed E-state index contributed by atoms with van der Waals surface area (Å²) in [5.74, 6) is 1.07. The van der Waals surface area contributed by atoms with E-state index < -0.39 is 0 Å². The summed E-state index contributed by atoms with van der Waals surface area (Å²) in [6.45, 7) is 2.32. The number of H-pyrrole nitrogens is 1. The fourth-order valence-corrected chi connectivity index (χ4v) is 4.46. The lowest BCUT2D eigenvalue weighted by Crippen LogP contribution is -2.24. The molecule has 10 nitrogen and oxygen atoms in total. The zero-order valence-corrected chi connectivity index (χ0v) is 20.6. The third kappa shape index (κ3) is 4.29. The van der Waals surface area contributed by atoms with E-state index in [0.717, 1.165) is 50.4 Å². The lowest BCUT2D eigenvalue weighted by Gasteiger charge is -2.07. The second kappa shape index (κ2) is 8.90. The first-order valence-electron chi connectivity index (χ1n) is 11.8. The Hall–Kier alpha value is -4.99. The van der Waals surface area contributed by atoms with Gasteiger partial charge >= 0.3 is 0 Å². The van der Waals surface area contributed by atoms with Crippen LogP contribution < -0.4 is 10.6 Å². The van der Waals surface area contributed by atoms with Gasteiger partial charge in [-0.25, -0.2) is 19.9 Å². The highest BCUT2D eigenvalue weighted by Gasteiger charge is 2.14. The van der Waals surface area contributed by atoms with Crippen LogP contribution in [0.1, 0.15) is 21.9 Å². The van der Waals surface area contributed by atoms with Crippen molar-refractivity contribution in [3.05, 3.63) is 84.3 Å². The molecule has 0 fully saturated rings. The van der Waals surface area contributed by atoms with E-state index in [9.17, 15) is 4.79 Å². The van der Waals surface area contributed by atoms with Gasteiger partial charge in [0.15, 0.2) is 0 Å². The van der Waals surface area contributed by atoms with Crippen molar-refractivity contribution in [2.45, 2.75) is 13.5 Å². The molecule has 6 rings (SSSR count). The predicted octanol–water partition coefficient (Wildman–Crippen LogP) is 4.23. The number of hydrogen-bond donors (Lipinski definition) is 3. The summed E-state index contributed by atoms with van der Waals surface area (Å²) >= 11 is 0. The van der Waals surface area contributed by atoms with Gasteiger partial charge in [-0.05, 0) is 48.9 Å². The molecule has 10 heteroatoms.